The number of piperidine rings is 1. The van der Waals surface area contributed by atoms with Crippen molar-refractivity contribution in [3.05, 3.63) is 29.6 Å². The lowest BCUT2D eigenvalue weighted by atomic mass is 9.93. The SMILES string of the molecule is Cc1ccc(C[C@@H]2CCCN(S(=O)(=O)N3CCCC3)C2)cn1. The molecular weight excluding hydrogens is 298 g/mol. The summed E-state index contributed by atoms with van der Waals surface area (Å²) in [6.45, 7) is 4.67. The van der Waals surface area contributed by atoms with Crippen LogP contribution in [0.2, 0.25) is 0 Å². The van der Waals surface area contributed by atoms with Gasteiger partial charge in [-0.3, -0.25) is 4.98 Å². The monoisotopic (exact) mass is 323 g/mol. The molecule has 2 fully saturated rings. The summed E-state index contributed by atoms with van der Waals surface area (Å²) in [6.07, 6.45) is 6.87. The van der Waals surface area contributed by atoms with Crippen LogP contribution in [0, 0.1) is 12.8 Å². The van der Waals surface area contributed by atoms with E-state index in [1.807, 2.05) is 19.2 Å². The molecule has 122 valence electrons. The largest absolute Gasteiger partial charge is 0.281 e. The highest BCUT2D eigenvalue weighted by molar-refractivity contribution is 7.86. The van der Waals surface area contributed by atoms with Crippen LogP contribution in [0.3, 0.4) is 0 Å². The van der Waals surface area contributed by atoms with E-state index in [1.54, 1.807) is 8.61 Å². The summed E-state index contributed by atoms with van der Waals surface area (Å²) >= 11 is 0. The number of hydrogen-bond donors (Lipinski definition) is 0. The smallest absolute Gasteiger partial charge is 0.261 e. The molecule has 2 saturated heterocycles. The molecule has 0 amide bonds. The first-order valence-corrected chi connectivity index (χ1v) is 9.62. The maximum Gasteiger partial charge on any atom is 0.281 e. The van der Waals surface area contributed by atoms with E-state index in [-0.39, 0.29) is 0 Å². The van der Waals surface area contributed by atoms with Crippen molar-refractivity contribution in [2.24, 2.45) is 5.92 Å². The van der Waals surface area contributed by atoms with E-state index in [0.717, 1.165) is 37.8 Å². The van der Waals surface area contributed by atoms with Gasteiger partial charge in [0.1, 0.15) is 0 Å². The topological polar surface area (TPSA) is 53.5 Å². The number of nitrogens with zero attached hydrogens (tertiary/aromatic N) is 3. The van der Waals surface area contributed by atoms with Crippen molar-refractivity contribution in [1.82, 2.24) is 13.6 Å². The molecule has 3 heterocycles. The van der Waals surface area contributed by atoms with Crippen LogP contribution in [0.5, 0.6) is 0 Å². The molecule has 0 unspecified atom stereocenters. The zero-order valence-corrected chi connectivity index (χ0v) is 14.1. The van der Waals surface area contributed by atoms with Gasteiger partial charge in [0.2, 0.25) is 0 Å². The normalized spacial score (nSPS) is 24.7. The van der Waals surface area contributed by atoms with Crippen LogP contribution in [0.15, 0.2) is 18.3 Å². The van der Waals surface area contributed by atoms with Crippen LogP contribution in [0.4, 0.5) is 0 Å². The van der Waals surface area contributed by atoms with Crippen molar-refractivity contribution in [3.8, 4) is 0 Å². The van der Waals surface area contributed by atoms with Crippen LogP contribution in [0.1, 0.15) is 36.9 Å². The molecule has 0 bridgehead atoms. The number of hydrogen-bond acceptors (Lipinski definition) is 3. The van der Waals surface area contributed by atoms with Gasteiger partial charge in [0.25, 0.3) is 10.2 Å². The van der Waals surface area contributed by atoms with Gasteiger partial charge in [0.15, 0.2) is 0 Å². The summed E-state index contributed by atoms with van der Waals surface area (Å²) in [5, 5.41) is 0. The summed E-state index contributed by atoms with van der Waals surface area (Å²) in [4.78, 5) is 4.34. The van der Waals surface area contributed by atoms with Gasteiger partial charge in [-0.15, -0.1) is 0 Å². The standard InChI is InChI=1S/C16H25N3O2S/c1-14-6-7-15(12-17-14)11-16-5-4-10-19(13-16)22(20,21)18-8-2-3-9-18/h6-7,12,16H,2-5,8-11,13H2,1H3/t16-/m0/s1. The van der Waals surface area contributed by atoms with Crippen molar-refractivity contribution in [3.63, 3.8) is 0 Å². The Morgan fingerprint density at radius 3 is 2.55 bits per heavy atom. The summed E-state index contributed by atoms with van der Waals surface area (Å²) in [7, 11) is -3.24. The van der Waals surface area contributed by atoms with Crippen LogP contribution in [-0.4, -0.2) is 48.2 Å². The fourth-order valence-corrected chi connectivity index (χ4v) is 5.24. The van der Waals surface area contributed by atoms with E-state index in [9.17, 15) is 8.42 Å². The van der Waals surface area contributed by atoms with Crippen LogP contribution >= 0.6 is 0 Å². The molecule has 0 aliphatic carbocycles. The Labute approximate surface area is 133 Å². The summed E-state index contributed by atoms with van der Waals surface area (Å²) in [6, 6.07) is 4.13. The fourth-order valence-electron chi connectivity index (χ4n) is 3.44. The van der Waals surface area contributed by atoms with Crippen molar-refractivity contribution < 1.29 is 8.42 Å². The molecule has 2 aliphatic rings. The average molecular weight is 323 g/mol. The second-order valence-corrected chi connectivity index (χ2v) is 8.42. The van der Waals surface area contributed by atoms with Gasteiger partial charge >= 0.3 is 0 Å². The summed E-state index contributed by atoms with van der Waals surface area (Å²) < 4.78 is 28.7. The molecule has 1 atom stereocenters. The molecule has 0 saturated carbocycles. The first-order chi connectivity index (χ1) is 10.6. The Kier molecular flexibility index (Phi) is 4.80. The molecule has 3 rings (SSSR count). The molecule has 1 aromatic rings. The van der Waals surface area contributed by atoms with Gasteiger partial charge in [-0.25, -0.2) is 0 Å². The van der Waals surface area contributed by atoms with Gasteiger partial charge < -0.3 is 0 Å². The molecule has 0 spiro atoms. The third-order valence-electron chi connectivity index (χ3n) is 4.70. The number of aromatic nitrogens is 1. The van der Waals surface area contributed by atoms with E-state index in [1.165, 1.54) is 5.56 Å². The van der Waals surface area contributed by atoms with E-state index >= 15 is 0 Å². The van der Waals surface area contributed by atoms with Crippen LogP contribution < -0.4 is 0 Å². The summed E-state index contributed by atoms with van der Waals surface area (Å²) in [5.74, 6) is 0.399. The number of pyridine rings is 1. The van der Waals surface area contributed by atoms with Gasteiger partial charge in [0.05, 0.1) is 0 Å². The van der Waals surface area contributed by atoms with Crippen molar-refractivity contribution in [2.75, 3.05) is 26.2 Å². The van der Waals surface area contributed by atoms with E-state index in [2.05, 4.69) is 11.1 Å². The van der Waals surface area contributed by atoms with Crippen LogP contribution in [0.25, 0.3) is 0 Å². The highest BCUT2D eigenvalue weighted by atomic mass is 32.2. The number of aryl methyl sites for hydroxylation is 1. The van der Waals surface area contributed by atoms with Gasteiger partial charge in [-0.05, 0) is 56.6 Å². The molecule has 5 nitrogen and oxygen atoms in total. The third-order valence-corrected chi connectivity index (χ3v) is 6.70. The van der Waals surface area contributed by atoms with Crippen LogP contribution in [-0.2, 0) is 16.6 Å². The highest BCUT2D eigenvalue weighted by Crippen LogP contribution is 2.25. The third kappa shape index (κ3) is 3.50. The van der Waals surface area contributed by atoms with Gasteiger partial charge in [0, 0.05) is 38.1 Å². The molecule has 6 heteroatoms. The minimum atomic E-state index is -3.24. The molecular formula is C16H25N3O2S. The van der Waals surface area contributed by atoms with Gasteiger partial charge in [-0.1, -0.05) is 6.07 Å². The van der Waals surface area contributed by atoms with Crippen molar-refractivity contribution in [2.45, 2.75) is 39.0 Å². The minimum absolute atomic E-state index is 0.399. The summed E-state index contributed by atoms with van der Waals surface area (Å²) in [5.41, 5.74) is 2.22. The highest BCUT2D eigenvalue weighted by Gasteiger charge is 2.34. The molecule has 1 aromatic heterocycles. The lowest BCUT2D eigenvalue weighted by Gasteiger charge is -2.34. The maximum absolute atomic E-state index is 12.7. The predicted octanol–water partition coefficient (Wildman–Crippen LogP) is 1.99. The van der Waals surface area contributed by atoms with E-state index < -0.39 is 10.2 Å². The first-order valence-electron chi connectivity index (χ1n) is 8.22. The van der Waals surface area contributed by atoms with Crippen molar-refractivity contribution >= 4 is 10.2 Å². The molecule has 0 radical (unpaired) electrons. The molecule has 2 aliphatic heterocycles. The zero-order valence-electron chi connectivity index (χ0n) is 13.2. The van der Waals surface area contributed by atoms with E-state index in [4.69, 9.17) is 0 Å². The average Bonchev–Trinajstić information content (AvgIpc) is 3.05. The lowest BCUT2D eigenvalue weighted by Crippen LogP contribution is -2.47. The zero-order chi connectivity index (χ0) is 15.6. The van der Waals surface area contributed by atoms with Crippen molar-refractivity contribution in [1.29, 1.82) is 0 Å². The minimum Gasteiger partial charge on any atom is -0.261 e. The number of rotatable bonds is 4. The second-order valence-electron chi connectivity index (χ2n) is 6.49. The molecule has 22 heavy (non-hydrogen) atoms. The lowest BCUT2D eigenvalue weighted by molar-refractivity contribution is 0.250. The fraction of sp³-hybridized carbons (Fsp3) is 0.688. The van der Waals surface area contributed by atoms with Gasteiger partial charge in [-0.2, -0.15) is 17.0 Å². The second kappa shape index (κ2) is 6.64. The quantitative estimate of drug-likeness (QED) is 0.851. The molecule has 0 N–H and O–H groups in total. The Bertz CT molecular complexity index is 594. The predicted molar refractivity (Wildman–Crippen MR) is 86.7 cm³/mol. The van der Waals surface area contributed by atoms with E-state index in [0.29, 0.717) is 32.1 Å². The first kappa shape index (κ1) is 15.9. The Hall–Kier alpha value is -0.980. The molecule has 0 aromatic carbocycles. The Balaban J connectivity index is 1.65. The Morgan fingerprint density at radius 1 is 1.14 bits per heavy atom. The Morgan fingerprint density at radius 2 is 1.86 bits per heavy atom. The maximum atomic E-state index is 12.7.